The molecular formula is C13H19NO4. The molecule has 5 heteroatoms. The van der Waals surface area contributed by atoms with Gasteiger partial charge in [0.1, 0.15) is 5.75 Å². The summed E-state index contributed by atoms with van der Waals surface area (Å²) in [5.41, 5.74) is 1.06. The molecule has 2 N–H and O–H groups in total. The summed E-state index contributed by atoms with van der Waals surface area (Å²) in [6.07, 6.45) is 0. The molecule has 18 heavy (non-hydrogen) atoms. The summed E-state index contributed by atoms with van der Waals surface area (Å²) >= 11 is 0. The van der Waals surface area contributed by atoms with Crippen LogP contribution in [0.15, 0.2) is 18.2 Å². The molecule has 100 valence electrons. The maximum Gasteiger partial charge on any atom is 0.251 e. The number of methoxy groups -OCH3 is 1. The molecule has 0 unspecified atom stereocenters. The summed E-state index contributed by atoms with van der Waals surface area (Å²) in [6.45, 7) is 3.63. The van der Waals surface area contributed by atoms with Gasteiger partial charge in [-0.15, -0.1) is 0 Å². The van der Waals surface area contributed by atoms with Crippen molar-refractivity contribution in [2.75, 3.05) is 33.5 Å². The smallest absolute Gasteiger partial charge is 0.251 e. The van der Waals surface area contributed by atoms with E-state index in [1.807, 2.05) is 0 Å². The van der Waals surface area contributed by atoms with Gasteiger partial charge in [-0.05, 0) is 19.1 Å². The average Bonchev–Trinajstić information content (AvgIpc) is 2.36. The van der Waals surface area contributed by atoms with Gasteiger partial charge in [0.2, 0.25) is 0 Å². The fourth-order valence-electron chi connectivity index (χ4n) is 1.45. The summed E-state index contributed by atoms with van der Waals surface area (Å²) in [5, 5.41) is 12.2. The van der Waals surface area contributed by atoms with Crippen LogP contribution in [-0.4, -0.2) is 44.5 Å². The van der Waals surface area contributed by atoms with E-state index in [1.54, 1.807) is 32.2 Å². The molecule has 0 aliphatic heterocycles. The van der Waals surface area contributed by atoms with E-state index in [0.717, 1.165) is 0 Å². The van der Waals surface area contributed by atoms with Crippen molar-refractivity contribution in [3.8, 4) is 5.75 Å². The van der Waals surface area contributed by atoms with Crippen LogP contribution < -0.4 is 5.32 Å². The quantitative estimate of drug-likeness (QED) is 0.714. The number of benzene rings is 1. The highest BCUT2D eigenvalue weighted by molar-refractivity contribution is 5.96. The van der Waals surface area contributed by atoms with Crippen LogP contribution in [0.4, 0.5) is 0 Å². The van der Waals surface area contributed by atoms with Crippen LogP contribution in [0.3, 0.4) is 0 Å². The number of hydrogen-bond donors (Lipinski definition) is 2. The highest BCUT2D eigenvalue weighted by Gasteiger charge is 2.10. The summed E-state index contributed by atoms with van der Waals surface area (Å²) in [4.78, 5) is 11.8. The predicted molar refractivity (Wildman–Crippen MR) is 67.9 cm³/mol. The van der Waals surface area contributed by atoms with Crippen molar-refractivity contribution >= 4 is 5.91 Å². The monoisotopic (exact) mass is 253 g/mol. The van der Waals surface area contributed by atoms with Crippen molar-refractivity contribution in [3.05, 3.63) is 29.3 Å². The second kappa shape index (κ2) is 7.68. The maximum atomic E-state index is 11.8. The Kier molecular flexibility index (Phi) is 6.18. The third-order valence-corrected chi connectivity index (χ3v) is 2.51. The number of phenolic OH excluding ortho intramolecular Hbond substituents is 1. The normalized spacial score (nSPS) is 10.3. The van der Waals surface area contributed by atoms with Gasteiger partial charge in [-0.25, -0.2) is 0 Å². The van der Waals surface area contributed by atoms with Crippen molar-refractivity contribution in [2.24, 2.45) is 0 Å². The van der Waals surface area contributed by atoms with Crippen molar-refractivity contribution in [1.82, 2.24) is 5.32 Å². The molecule has 0 aliphatic carbocycles. The van der Waals surface area contributed by atoms with Crippen LogP contribution in [0.5, 0.6) is 5.75 Å². The lowest BCUT2D eigenvalue weighted by atomic mass is 10.1. The maximum absolute atomic E-state index is 11.8. The van der Waals surface area contributed by atoms with Gasteiger partial charge in [0.15, 0.2) is 0 Å². The number of ether oxygens (including phenoxy) is 2. The predicted octanol–water partition coefficient (Wildman–Crippen LogP) is 1.09. The van der Waals surface area contributed by atoms with Gasteiger partial charge in [0.25, 0.3) is 5.91 Å². The largest absolute Gasteiger partial charge is 0.508 e. The molecule has 1 aromatic carbocycles. The van der Waals surface area contributed by atoms with Gasteiger partial charge in [-0.1, -0.05) is 6.07 Å². The summed E-state index contributed by atoms with van der Waals surface area (Å²) in [5.74, 6) is -0.0854. The van der Waals surface area contributed by atoms with Gasteiger partial charge < -0.3 is 19.9 Å². The summed E-state index contributed by atoms with van der Waals surface area (Å²) in [6, 6.07) is 4.88. The van der Waals surface area contributed by atoms with E-state index >= 15 is 0 Å². The van der Waals surface area contributed by atoms with Crippen LogP contribution in [0.2, 0.25) is 0 Å². The molecule has 5 nitrogen and oxygen atoms in total. The van der Waals surface area contributed by atoms with Crippen LogP contribution in [-0.2, 0) is 9.47 Å². The van der Waals surface area contributed by atoms with Gasteiger partial charge in [0, 0.05) is 24.8 Å². The molecule has 0 saturated heterocycles. The van der Waals surface area contributed by atoms with Crippen LogP contribution in [0.1, 0.15) is 15.9 Å². The number of nitrogens with one attached hydrogen (secondary N) is 1. The molecule has 0 atom stereocenters. The highest BCUT2D eigenvalue weighted by Crippen LogP contribution is 2.19. The Labute approximate surface area is 107 Å². The van der Waals surface area contributed by atoms with Crippen molar-refractivity contribution < 1.29 is 19.4 Å². The van der Waals surface area contributed by atoms with Gasteiger partial charge in [-0.3, -0.25) is 4.79 Å². The molecule has 0 fully saturated rings. The number of carbonyl (C=O) groups is 1. The zero-order valence-electron chi connectivity index (χ0n) is 10.7. The minimum atomic E-state index is -0.209. The van der Waals surface area contributed by atoms with Crippen LogP contribution in [0, 0.1) is 6.92 Å². The molecule has 0 heterocycles. The number of hydrogen-bond acceptors (Lipinski definition) is 4. The number of carbonyl (C=O) groups excluding carboxylic acids is 1. The van der Waals surface area contributed by atoms with Crippen LogP contribution >= 0.6 is 0 Å². The zero-order chi connectivity index (χ0) is 13.4. The fraction of sp³-hybridized carbons (Fsp3) is 0.462. The Balaban J connectivity index is 2.35. The Morgan fingerprint density at radius 3 is 2.83 bits per heavy atom. The molecule has 0 aromatic heterocycles. The molecule has 0 bridgehead atoms. The number of phenols is 1. The highest BCUT2D eigenvalue weighted by atomic mass is 16.5. The number of aromatic hydroxyl groups is 1. The standard InChI is InChI=1S/C13H19NO4/c1-10-11(4-3-5-12(10)15)13(16)14-6-7-18-9-8-17-2/h3-5,15H,6-9H2,1-2H3,(H,14,16). The Hall–Kier alpha value is -1.59. The Morgan fingerprint density at radius 1 is 1.33 bits per heavy atom. The van der Waals surface area contributed by atoms with Gasteiger partial charge in [-0.2, -0.15) is 0 Å². The summed E-state index contributed by atoms with van der Waals surface area (Å²) < 4.78 is 10.1. The SMILES string of the molecule is COCCOCCNC(=O)c1cccc(O)c1C. The first-order valence-electron chi connectivity index (χ1n) is 5.80. The minimum Gasteiger partial charge on any atom is -0.508 e. The lowest BCUT2D eigenvalue weighted by molar-refractivity contribution is 0.0692. The third-order valence-electron chi connectivity index (χ3n) is 2.51. The molecule has 1 amide bonds. The zero-order valence-corrected chi connectivity index (χ0v) is 10.7. The van der Waals surface area contributed by atoms with Gasteiger partial charge >= 0.3 is 0 Å². The number of amides is 1. The van der Waals surface area contributed by atoms with Gasteiger partial charge in [0.05, 0.1) is 19.8 Å². The molecule has 0 radical (unpaired) electrons. The molecule has 1 rings (SSSR count). The van der Waals surface area contributed by atoms with Crippen molar-refractivity contribution in [3.63, 3.8) is 0 Å². The van der Waals surface area contributed by atoms with E-state index in [4.69, 9.17) is 9.47 Å². The molecule has 0 saturated carbocycles. The second-order valence-electron chi connectivity index (χ2n) is 3.81. The van der Waals surface area contributed by atoms with E-state index in [2.05, 4.69) is 5.32 Å². The van der Waals surface area contributed by atoms with Crippen molar-refractivity contribution in [2.45, 2.75) is 6.92 Å². The lowest BCUT2D eigenvalue weighted by Crippen LogP contribution is -2.28. The average molecular weight is 253 g/mol. The van der Waals surface area contributed by atoms with E-state index in [0.29, 0.717) is 37.5 Å². The van der Waals surface area contributed by atoms with Crippen molar-refractivity contribution in [1.29, 1.82) is 0 Å². The van der Waals surface area contributed by atoms with Crippen LogP contribution in [0.25, 0.3) is 0 Å². The fourth-order valence-corrected chi connectivity index (χ4v) is 1.45. The van der Waals surface area contributed by atoms with E-state index in [1.165, 1.54) is 0 Å². The third kappa shape index (κ3) is 4.35. The Bertz CT molecular complexity index is 393. The first kappa shape index (κ1) is 14.5. The topological polar surface area (TPSA) is 67.8 Å². The second-order valence-corrected chi connectivity index (χ2v) is 3.81. The number of rotatable bonds is 7. The molecule has 1 aromatic rings. The van der Waals surface area contributed by atoms with E-state index < -0.39 is 0 Å². The van der Waals surface area contributed by atoms with E-state index in [-0.39, 0.29) is 11.7 Å². The first-order chi connectivity index (χ1) is 8.66. The molecule has 0 aliphatic rings. The first-order valence-corrected chi connectivity index (χ1v) is 5.80. The minimum absolute atomic E-state index is 0.124. The Morgan fingerprint density at radius 2 is 2.11 bits per heavy atom. The summed E-state index contributed by atoms with van der Waals surface area (Å²) in [7, 11) is 1.61. The molecular weight excluding hydrogens is 234 g/mol. The lowest BCUT2D eigenvalue weighted by Gasteiger charge is -2.09. The van der Waals surface area contributed by atoms with E-state index in [9.17, 15) is 9.90 Å². The molecule has 0 spiro atoms.